The van der Waals surface area contributed by atoms with Crippen molar-refractivity contribution in [3.05, 3.63) is 60.0 Å². The maximum atomic E-state index is 12.0. The van der Waals surface area contributed by atoms with Crippen LogP contribution in [-0.2, 0) is 16.4 Å². The van der Waals surface area contributed by atoms with Crippen molar-refractivity contribution < 1.29 is 22.2 Å². The van der Waals surface area contributed by atoms with E-state index in [1.54, 1.807) is 24.3 Å². The molecule has 26 heavy (non-hydrogen) atoms. The van der Waals surface area contributed by atoms with Gasteiger partial charge >= 0.3 is 0 Å². The van der Waals surface area contributed by atoms with Crippen molar-refractivity contribution in [2.75, 3.05) is 6.54 Å². The molecule has 1 amide bonds. The number of carbonyl (C=O) groups is 1. The minimum absolute atomic E-state index is 0.0768. The van der Waals surface area contributed by atoms with Crippen LogP contribution in [-0.4, -0.2) is 26.0 Å². The zero-order valence-electron chi connectivity index (χ0n) is 13.7. The Hall–Kier alpha value is -2.91. The molecule has 0 radical (unpaired) electrons. The lowest BCUT2D eigenvalue weighted by atomic mass is 10.1. The summed E-state index contributed by atoms with van der Waals surface area (Å²) in [5, 5.41) is 11.5. The van der Waals surface area contributed by atoms with Gasteiger partial charge < -0.3 is 14.3 Å². The fourth-order valence-corrected chi connectivity index (χ4v) is 2.86. The highest BCUT2D eigenvalue weighted by Crippen LogP contribution is 2.20. The normalized spacial score (nSPS) is 11.4. The molecule has 8 nitrogen and oxygen atoms in total. The van der Waals surface area contributed by atoms with E-state index >= 15 is 0 Å². The number of nitrogens with two attached hydrogens (primary N) is 1. The lowest BCUT2D eigenvalue weighted by Crippen LogP contribution is -2.25. The number of aryl methyl sites for hydroxylation is 1. The maximum Gasteiger partial charge on any atom is 0.273 e. The number of nitrogens with one attached hydrogen (secondary N) is 1. The summed E-state index contributed by atoms with van der Waals surface area (Å²) in [5.41, 5.74) is 1.13. The Morgan fingerprint density at radius 2 is 1.92 bits per heavy atom. The summed E-state index contributed by atoms with van der Waals surface area (Å²) in [6.45, 7) is 0.443. The molecule has 0 unspecified atom stereocenters. The van der Waals surface area contributed by atoms with E-state index < -0.39 is 10.0 Å². The van der Waals surface area contributed by atoms with Crippen LogP contribution in [0.3, 0.4) is 0 Å². The molecule has 3 rings (SSSR count). The average molecular weight is 375 g/mol. The fraction of sp³-hybridized carbons (Fsp3) is 0.176. The molecular formula is C17H17N3O5S. The number of amides is 1. The second kappa shape index (κ2) is 7.54. The van der Waals surface area contributed by atoms with Gasteiger partial charge in [-0.05, 0) is 42.7 Å². The van der Waals surface area contributed by atoms with Crippen LogP contribution in [0, 0.1) is 0 Å². The summed E-state index contributed by atoms with van der Waals surface area (Å²) >= 11 is 0. The lowest BCUT2D eigenvalue weighted by molar-refractivity contribution is 0.0944. The van der Waals surface area contributed by atoms with Gasteiger partial charge in [-0.3, -0.25) is 4.79 Å². The van der Waals surface area contributed by atoms with Gasteiger partial charge in [0, 0.05) is 12.6 Å². The molecule has 0 aliphatic carbocycles. The molecule has 0 atom stereocenters. The van der Waals surface area contributed by atoms with Gasteiger partial charge in [0.2, 0.25) is 15.8 Å². The van der Waals surface area contributed by atoms with Crippen LogP contribution >= 0.6 is 0 Å². The minimum Gasteiger partial charge on any atom is -0.461 e. The molecule has 2 heterocycles. The first-order chi connectivity index (χ1) is 12.4. The van der Waals surface area contributed by atoms with Crippen molar-refractivity contribution in [3.63, 3.8) is 0 Å². The van der Waals surface area contributed by atoms with Crippen LogP contribution in [0.2, 0.25) is 0 Å². The number of rotatable bonds is 7. The molecule has 1 aromatic carbocycles. The first-order valence-electron chi connectivity index (χ1n) is 7.84. The third-order valence-corrected chi connectivity index (χ3v) is 4.62. The molecule has 0 spiro atoms. The van der Waals surface area contributed by atoms with Crippen molar-refractivity contribution >= 4 is 15.9 Å². The molecule has 3 N–H and O–H groups in total. The third kappa shape index (κ3) is 4.38. The molecule has 0 saturated carbocycles. The largest absolute Gasteiger partial charge is 0.461 e. The zero-order valence-corrected chi connectivity index (χ0v) is 14.5. The Labute approximate surface area is 150 Å². The first kappa shape index (κ1) is 17.9. The Balaban J connectivity index is 1.47. The van der Waals surface area contributed by atoms with E-state index in [4.69, 9.17) is 14.1 Å². The van der Waals surface area contributed by atoms with Crippen molar-refractivity contribution in [3.8, 4) is 11.5 Å². The molecule has 9 heteroatoms. The molecule has 0 fully saturated rings. The van der Waals surface area contributed by atoms with Crippen molar-refractivity contribution in [2.24, 2.45) is 5.14 Å². The van der Waals surface area contributed by atoms with Gasteiger partial charge in [0.05, 0.1) is 11.2 Å². The van der Waals surface area contributed by atoms with Gasteiger partial charge in [-0.15, -0.1) is 0 Å². The predicted molar refractivity (Wildman–Crippen MR) is 92.7 cm³/mol. The number of hydrogen-bond acceptors (Lipinski definition) is 6. The van der Waals surface area contributed by atoms with Gasteiger partial charge in [-0.1, -0.05) is 17.3 Å². The van der Waals surface area contributed by atoms with Gasteiger partial charge in [0.1, 0.15) is 0 Å². The number of primary sulfonamides is 1. The van der Waals surface area contributed by atoms with E-state index in [2.05, 4.69) is 10.5 Å². The summed E-state index contributed by atoms with van der Waals surface area (Å²) in [6.07, 6.45) is 2.87. The van der Waals surface area contributed by atoms with E-state index in [9.17, 15) is 13.2 Å². The summed E-state index contributed by atoms with van der Waals surface area (Å²) in [5.74, 6) is 0.547. The number of aromatic nitrogens is 1. The van der Waals surface area contributed by atoms with E-state index in [1.165, 1.54) is 24.5 Å². The van der Waals surface area contributed by atoms with Crippen LogP contribution in [0.15, 0.2) is 62.6 Å². The standard InChI is InChI=1S/C17H17N3O5S/c18-26(22,23)13-7-5-12(6-8-13)3-1-9-19-17(21)14-11-16(25-20-14)15-4-2-10-24-15/h2,4-8,10-11H,1,3,9H2,(H,19,21)(H2,18,22,23). The van der Waals surface area contributed by atoms with E-state index in [-0.39, 0.29) is 16.5 Å². The average Bonchev–Trinajstić information content (AvgIpc) is 3.29. The van der Waals surface area contributed by atoms with Gasteiger partial charge in [0.25, 0.3) is 5.91 Å². The Morgan fingerprint density at radius 1 is 1.15 bits per heavy atom. The highest BCUT2D eigenvalue weighted by Gasteiger charge is 2.14. The number of benzene rings is 1. The monoisotopic (exact) mass is 375 g/mol. The third-order valence-electron chi connectivity index (χ3n) is 3.69. The van der Waals surface area contributed by atoms with Crippen molar-refractivity contribution in [2.45, 2.75) is 17.7 Å². The highest BCUT2D eigenvalue weighted by molar-refractivity contribution is 7.89. The van der Waals surface area contributed by atoms with Gasteiger partial charge in [0.15, 0.2) is 11.5 Å². The molecule has 2 aromatic heterocycles. The number of furan rings is 1. The smallest absolute Gasteiger partial charge is 0.273 e. The molecule has 0 aliphatic rings. The molecular weight excluding hydrogens is 358 g/mol. The molecule has 136 valence electrons. The molecule has 0 bridgehead atoms. The topological polar surface area (TPSA) is 128 Å². The number of hydrogen-bond donors (Lipinski definition) is 2. The van der Waals surface area contributed by atoms with E-state index in [0.717, 1.165) is 5.56 Å². The van der Waals surface area contributed by atoms with Crippen LogP contribution in [0.25, 0.3) is 11.5 Å². The molecule has 0 aliphatic heterocycles. The van der Waals surface area contributed by atoms with Crippen LogP contribution < -0.4 is 10.5 Å². The predicted octanol–water partition coefficient (Wildman–Crippen LogP) is 1.94. The minimum atomic E-state index is -3.68. The summed E-state index contributed by atoms with van der Waals surface area (Å²) < 4.78 is 32.7. The van der Waals surface area contributed by atoms with E-state index in [0.29, 0.717) is 30.9 Å². The number of nitrogens with zero attached hydrogens (tertiary/aromatic N) is 1. The van der Waals surface area contributed by atoms with Crippen molar-refractivity contribution in [1.29, 1.82) is 0 Å². The SMILES string of the molecule is NS(=O)(=O)c1ccc(CCCNC(=O)c2cc(-c3ccco3)on2)cc1. The first-order valence-corrected chi connectivity index (χ1v) is 9.38. The number of carbonyl (C=O) groups excluding carboxylic acids is 1. The zero-order chi connectivity index (χ0) is 18.6. The second-order valence-corrected chi connectivity index (χ2v) is 7.16. The quantitative estimate of drug-likeness (QED) is 0.607. The summed E-state index contributed by atoms with van der Waals surface area (Å²) in [4.78, 5) is 12.1. The Bertz CT molecular complexity index is 976. The summed E-state index contributed by atoms with van der Waals surface area (Å²) in [7, 11) is -3.68. The molecule has 3 aromatic rings. The second-order valence-electron chi connectivity index (χ2n) is 5.60. The number of sulfonamides is 1. The Morgan fingerprint density at radius 3 is 2.58 bits per heavy atom. The van der Waals surface area contributed by atoms with Gasteiger partial charge in [-0.25, -0.2) is 13.6 Å². The fourth-order valence-electron chi connectivity index (χ4n) is 2.35. The lowest BCUT2D eigenvalue weighted by Gasteiger charge is -2.04. The summed E-state index contributed by atoms with van der Waals surface area (Å²) in [6, 6.07) is 11.3. The maximum absolute atomic E-state index is 12.0. The Kier molecular flexibility index (Phi) is 5.19. The van der Waals surface area contributed by atoms with Crippen LogP contribution in [0.5, 0.6) is 0 Å². The van der Waals surface area contributed by atoms with Crippen molar-refractivity contribution in [1.82, 2.24) is 10.5 Å². The van der Waals surface area contributed by atoms with E-state index in [1.807, 2.05) is 0 Å². The highest BCUT2D eigenvalue weighted by atomic mass is 32.2. The van der Waals surface area contributed by atoms with Gasteiger partial charge in [-0.2, -0.15) is 0 Å². The molecule has 0 saturated heterocycles. The van der Waals surface area contributed by atoms with Crippen LogP contribution in [0.1, 0.15) is 22.5 Å². The van der Waals surface area contributed by atoms with Crippen LogP contribution in [0.4, 0.5) is 0 Å².